The smallest absolute Gasteiger partial charge is 0.209 e. The fourth-order valence-electron chi connectivity index (χ4n) is 3.78. The number of nitrogens with one attached hydrogen (secondary N) is 1. The Morgan fingerprint density at radius 3 is 2.65 bits per heavy atom. The molecule has 2 atom stereocenters. The molecular formula is C19H28N4O2S. The maximum atomic E-state index is 11.7. The number of likely N-dealkylation sites (tertiary alicyclic amines) is 1. The minimum Gasteiger partial charge on any atom is -0.329 e. The number of benzene rings is 1. The van der Waals surface area contributed by atoms with Gasteiger partial charge in [-0.25, -0.2) is 18.1 Å². The molecule has 2 aromatic rings. The number of hydrogen-bond donors (Lipinski definition) is 1. The lowest BCUT2D eigenvalue weighted by molar-refractivity contribution is 0.300. The summed E-state index contributed by atoms with van der Waals surface area (Å²) in [4.78, 5) is 6.84. The van der Waals surface area contributed by atoms with Gasteiger partial charge in [0.05, 0.1) is 12.8 Å². The lowest BCUT2D eigenvalue weighted by Crippen LogP contribution is -2.39. The molecule has 7 heteroatoms. The van der Waals surface area contributed by atoms with Crippen molar-refractivity contribution in [2.75, 3.05) is 19.3 Å². The Morgan fingerprint density at radius 1 is 1.19 bits per heavy atom. The molecule has 0 aliphatic carbocycles. The van der Waals surface area contributed by atoms with Gasteiger partial charge in [0.2, 0.25) is 10.0 Å². The van der Waals surface area contributed by atoms with E-state index >= 15 is 0 Å². The monoisotopic (exact) mass is 376 g/mol. The predicted octanol–water partition coefficient (Wildman–Crippen LogP) is 2.08. The van der Waals surface area contributed by atoms with Crippen LogP contribution in [0.2, 0.25) is 0 Å². The van der Waals surface area contributed by atoms with Crippen LogP contribution in [0, 0.1) is 5.92 Å². The molecule has 0 bridgehead atoms. The maximum Gasteiger partial charge on any atom is 0.209 e. The first-order valence-electron chi connectivity index (χ1n) is 9.18. The fourth-order valence-corrected chi connectivity index (χ4v) is 4.59. The lowest BCUT2D eigenvalue weighted by Gasteiger charge is -2.17. The van der Waals surface area contributed by atoms with Gasteiger partial charge in [-0.05, 0) is 17.9 Å². The summed E-state index contributed by atoms with van der Waals surface area (Å²) in [6.07, 6.45) is 7.18. The van der Waals surface area contributed by atoms with Crippen molar-refractivity contribution < 1.29 is 8.42 Å². The van der Waals surface area contributed by atoms with E-state index in [1.165, 1.54) is 11.8 Å². The van der Waals surface area contributed by atoms with Crippen LogP contribution in [0.3, 0.4) is 0 Å². The molecule has 3 rings (SSSR count). The maximum absolute atomic E-state index is 11.7. The molecule has 2 heterocycles. The number of nitrogens with zero attached hydrogens (tertiary/aromatic N) is 3. The first-order chi connectivity index (χ1) is 12.4. The van der Waals surface area contributed by atoms with Gasteiger partial charge in [0, 0.05) is 38.1 Å². The predicted molar refractivity (Wildman–Crippen MR) is 103 cm³/mol. The van der Waals surface area contributed by atoms with Crippen LogP contribution in [-0.4, -0.2) is 48.3 Å². The Labute approximate surface area is 156 Å². The molecule has 1 N–H and O–H groups in total. The van der Waals surface area contributed by atoms with E-state index in [0.29, 0.717) is 5.92 Å². The van der Waals surface area contributed by atoms with E-state index in [1.54, 1.807) is 0 Å². The van der Waals surface area contributed by atoms with Crippen molar-refractivity contribution in [2.45, 2.75) is 38.9 Å². The summed E-state index contributed by atoms with van der Waals surface area (Å²) in [5, 5.41) is 0. The van der Waals surface area contributed by atoms with Gasteiger partial charge in [-0.3, -0.25) is 4.90 Å². The van der Waals surface area contributed by atoms with Gasteiger partial charge in [0.1, 0.15) is 5.82 Å². The largest absolute Gasteiger partial charge is 0.329 e. The van der Waals surface area contributed by atoms with Crippen molar-refractivity contribution in [3.05, 3.63) is 54.1 Å². The van der Waals surface area contributed by atoms with Crippen LogP contribution >= 0.6 is 0 Å². The van der Waals surface area contributed by atoms with E-state index in [1.807, 2.05) is 30.6 Å². The molecule has 1 fully saturated rings. The molecule has 1 aromatic carbocycles. The molecule has 142 valence electrons. The van der Waals surface area contributed by atoms with Gasteiger partial charge in [0.25, 0.3) is 0 Å². The second-order valence-electron chi connectivity index (χ2n) is 7.20. The molecule has 1 aliphatic rings. The number of imidazole rings is 1. The molecule has 0 saturated carbocycles. The summed E-state index contributed by atoms with van der Waals surface area (Å²) in [6.45, 7) is 5.32. The van der Waals surface area contributed by atoms with E-state index in [0.717, 1.165) is 44.8 Å². The Morgan fingerprint density at radius 2 is 1.96 bits per heavy atom. The summed E-state index contributed by atoms with van der Waals surface area (Å²) >= 11 is 0. The highest BCUT2D eigenvalue weighted by molar-refractivity contribution is 7.88. The third-order valence-electron chi connectivity index (χ3n) is 4.90. The van der Waals surface area contributed by atoms with Crippen LogP contribution in [0.15, 0.2) is 42.7 Å². The number of aromatic nitrogens is 2. The highest BCUT2D eigenvalue weighted by Crippen LogP contribution is 2.24. The Bertz CT molecular complexity index is 804. The summed E-state index contributed by atoms with van der Waals surface area (Å²) in [6, 6.07) is 10.3. The quantitative estimate of drug-likeness (QED) is 0.766. The van der Waals surface area contributed by atoms with E-state index in [4.69, 9.17) is 0 Å². The van der Waals surface area contributed by atoms with Crippen molar-refractivity contribution in [1.29, 1.82) is 0 Å². The van der Waals surface area contributed by atoms with Crippen LogP contribution in [0.25, 0.3) is 0 Å². The number of hydrogen-bond acceptors (Lipinski definition) is 4. The molecule has 1 aliphatic heterocycles. The van der Waals surface area contributed by atoms with Crippen LogP contribution in [0.5, 0.6) is 0 Å². The minimum atomic E-state index is -3.19. The molecule has 1 aromatic heterocycles. The van der Waals surface area contributed by atoms with E-state index < -0.39 is 10.0 Å². The molecular weight excluding hydrogens is 348 g/mol. The van der Waals surface area contributed by atoms with Crippen molar-refractivity contribution in [2.24, 2.45) is 5.92 Å². The van der Waals surface area contributed by atoms with Crippen LogP contribution in [0.4, 0.5) is 0 Å². The molecule has 6 nitrogen and oxygen atoms in total. The fraction of sp³-hybridized carbons (Fsp3) is 0.526. The normalized spacial score (nSPS) is 21.3. The molecule has 0 radical (unpaired) electrons. The highest BCUT2D eigenvalue weighted by Gasteiger charge is 2.34. The van der Waals surface area contributed by atoms with E-state index in [9.17, 15) is 8.42 Å². The summed E-state index contributed by atoms with van der Waals surface area (Å²) < 4.78 is 28.3. The summed E-state index contributed by atoms with van der Waals surface area (Å²) in [7, 11) is -3.19. The highest BCUT2D eigenvalue weighted by atomic mass is 32.2. The SMILES string of the molecule is CCC[C@@H]1CN(Cc2nccn2Cc2ccccc2)C[C@H]1NS(C)(=O)=O. The van der Waals surface area contributed by atoms with Crippen LogP contribution < -0.4 is 4.72 Å². The van der Waals surface area contributed by atoms with E-state index in [2.05, 4.69) is 38.2 Å². The van der Waals surface area contributed by atoms with E-state index in [-0.39, 0.29) is 6.04 Å². The summed E-state index contributed by atoms with van der Waals surface area (Å²) in [5.74, 6) is 1.37. The Hall–Kier alpha value is -1.70. The molecule has 1 saturated heterocycles. The average Bonchev–Trinajstić information content (AvgIpc) is 3.15. The summed E-state index contributed by atoms with van der Waals surface area (Å²) in [5.41, 5.74) is 1.24. The van der Waals surface area contributed by atoms with Crippen molar-refractivity contribution >= 4 is 10.0 Å². The lowest BCUT2D eigenvalue weighted by atomic mass is 9.99. The molecule has 26 heavy (non-hydrogen) atoms. The second kappa shape index (κ2) is 8.33. The third kappa shape index (κ3) is 5.16. The van der Waals surface area contributed by atoms with Gasteiger partial charge in [-0.15, -0.1) is 0 Å². The Balaban J connectivity index is 1.67. The first kappa shape index (κ1) is 19.1. The molecule has 0 spiro atoms. The van der Waals surface area contributed by atoms with Gasteiger partial charge < -0.3 is 4.57 Å². The first-order valence-corrected chi connectivity index (χ1v) is 11.1. The number of rotatable bonds is 8. The second-order valence-corrected chi connectivity index (χ2v) is 8.98. The zero-order valence-electron chi connectivity index (χ0n) is 15.5. The van der Waals surface area contributed by atoms with Crippen molar-refractivity contribution in [3.8, 4) is 0 Å². The topological polar surface area (TPSA) is 67.2 Å². The van der Waals surface area contributed by atoms with Crippen LogP contribution in [0.1, 0.15) is 31.2 Å². The van der Waals surface area contributed by atoms with Crippen LogP contribution in [-0.2, 0) is 23.1 Å². The minimum absolute atomic E-state index is 0.0116. The zero-order valence-corrected chi connectivity index (χ0v) is 16.3. The zero-order chi connectivity index (χ0) is 18.6. The van der Waals surface area contributed by atoms with Gasteiger partial charge >= 0.3 is 0 Å². The molecule has 0 unspecified atom stereocenters. The Kier molecular flexibility index (Phi) is 6.11. The standard InChI is InChI=1S/C19H28N4O2S/c1-3-7-17-13-22(14-18(17)21-26(2,24)25)15-19-20-10-11-23(19)12-16-8-5-4-6-9-16/h4-6,8-11,17-18,21H,3,7,12-15H2,1-2H3/t17-,18-/m1/s1. The number of sulfonamides is 1. The third-order valence-corrected chi connectivity index (χ3v) is 5.63. The average molecular weight is 377 g/mol. The molecule has 0 amide bonds. The van der Waals surface area contributed by atoms with Gasteiger partial charge in [0.15, 0.2) is 0 Å². The van der Waals surface area contributed by atoms with Gasteiger partial charge in [-0.2, -0.15) is 0 Å². The van der Waals surface area contributed by atoms with Crippen molar-refractivity contribution in [1.82, 2.24) is 19.2 Å². The van der Waals surface area contributed by atoms with Gasteiger partial charge in [-0.1, -0.05) is 43.7 Å². The van der Waals surface area contributed by atoms with Crippen molar-refractivity contribution in [3.63, 3.8) is 0 Å².